The van der Waals surface area contributed by atoms with Crippen LogP contribution in [0.3, 0.4) is 0 Å². The number of aromatic nitrogens is 2. The van der Waals surface area contributed by atoms with Gasteiger partial charge in [0, 0.05) is 5.75 Å². The maximum absolute atomic E-state index is 5.30. The number of rotatable bonds is 3. The summed E-state index contributed by atoms with van der Waals surface area (Å²) in [6.45, 7) is 0.572. The van der Waals surface area contributed by atoms with Gasteiger partial charge in [-0.2, -0.15) is 17.6 Å². The predicted octanol–water partition coefficient (Wildman–Crippen LogP) is 1.87. The van der Waals surface area contributed by atoms with Crippen LogP contribution in [0, 0.1) is 0 Å². The molecule has 0 unspecified atom stereocenters. The van der Waals surface area contributed by atoms with Gasteiger partial charge in [-0.05, 0) is 12.1 Å². The summed E-state index contributed by atoms with van der Waals surface area (Å²) in [5, 5.41) is 0. The first kappa shape index (κ1) is 8.44. The van der Waals surface area contributed by atoms with Gasteiger partial charge in [-0.1, -0.05) is 12.1 Å². The first-order valence-corrected chi connectivity index (χ1v) is 4.72. The minimum absolute atomic E-state index is 0.565. The van der Waals surface area contributed by atoms with E-state index >= 15 is 0 Å². The molecule has 2 rings (SSSR count). The number of thiol groups is 1. The zero-order valence-corrected chi connectivity index (χ0v) is 7.92. The molecular weight excluding hydrogens is 184 g/mol. The fourth-order valence-corrected chi connectivity index (χ4v) is 1.23. The third-order valence-corrected chi connectivity index (χ3v) is 1.88. The topological polar surface area (TPSA) is 37.9 Å². The second kappa shape index (κ2) is 3.70. The van der Waals surface area contributed by atoms with Gasteiger partial charge in [0.1, 0.15) is 6.61 Å². The number of H-pyrrole nitrogens is 1. The first-order chi connectivity index (χ1) is 6.40. The van der Waals surface area contributed by atoms with E-state index in [4.69, 9.17) is 4.74 Å². The Labute approximate surface area is 81.5 Å². The van der Waals surface area contributed by atoms with Crippen LogP contribution in [0.5, 0.6) is 6.01 Å². The first-order valence-electron chi connectivity index (χ1n) is 4.08. The standard InChI is InChI=1S/C9H10N2OS/c13-6-5-12-9-10-7-3-1-2-4-8(7)11-9/h1-4,13H,5-6H2,(H,10,11). The van der Waals surface area contributed by atoms with E-state index in [1.807, 2.05) is 24.3 Å². The number of imidazole rings is 1. The van der Waals surface area contributed by atoms with Crippen LogP contribution in [0.15, 0.2) is 24.3 Å². The van der Waals surface area contributed by atoms with E-state index in [1.165, 1.54) is 0 Å². The van der Waals surface area contributed by atoms with Crippen molar-refractivity contribution in [3.63, 3.8) is 0 Å². The molecule has 1 heterocycles. The van der Waals surface area contributed by atoms with Crippen molar-refractivity contribution in [1.29, 1.82) is 0 Å². The smallest absolute Gasteiger partial charge is 0.294 e. The molecule has 0 saturated heterocycles. The van der Waals surface area contributed by atoms with Crippen molar-refractivity contribution in [2.75, 3.05) is 12.4 Å². The molecule has 1 aromatic heterocycles. The summed E-state index contributed by atoms with van der Waals surface area (Å²) in [5.74, 6) is 0.692. The molecule has 0 bridgehead atoms. The number of nitrogens with zero attached hydrogens (tertiary/aromatic N) is 1. The minimum Gasteiger partial charge on any atom is -0.464 e. The van der Waals surface area contributed by atoms with E-state index in [2.05, 4.69) is 22.6 Å². The molecule has 13 heavy (non-hydrogen) atoms. The van der Waals surface area contributed by atoms with Gasteiger partial charge in [-0.25, -0.2) is 0 Å². The summed E-state index contributed by atoms with van der Waals surface area (Å²) in [6, 6.07) is 8.39. The van der Waals surface area contributed by atoms with Gasteiger partial charge in [-0.3, -0.25) is 0 Å². The summed E-state index contributed by atoms with van der Waals surface area (Å²) < 4.78 is 5.30. The molecule has 1 N–H and O–H groups in total. The normalized spacial score (nSPS) is 10.5. The quantitative estimate of drug-likeness (QED) is 0.732. The van der Waals surface area contributed by atoms with Crippen molar-refractivity contribution < 1.29 is 4.74 Å². The zero-order valence-electron chi connectivity index (χ0n) is 7.03. The minimum atomic E-state index is 0.565. The average molecular weight is 194 g/mol. The van der Waals surface area contributed by atoms with Crippen molar-refractivity contribution in [3.05, 3.63) is 24.3 Å². The molecule has 2 aromatic rings. The predicted molar refractivity (Wildman–Crippen MR) is 55.4 cm³/mol. The Bertz CT molecular complexity index is 366. The third-order valence-electron chi connectivity index (χ3n) is 1.70. The molecule has 68 valence electrons. The molecule has 0 aliphatic carbocycles. The highest BCUT2D eigenvalue weighted by molar-refractivity contribution is 7.80. The van der Waals surface area contributed by atoms with Crippen molar-refractivity contribution in [1.82, 2.24) is 9.97 Å². The highest BCUT2D eigenvalue weighted by atomic mass is 32.1. The van der Waals surface area contributed by atoms with Crippen LogP contribution in [-0.4, -0.2) is 22.3 Å². The second-order valence-corrected chi connectivity index (χ2v) is 3.08. The summed E-state index contributed by atoms with van der Waals surface area (Å²) >= 11 is 4.05. The molecule has 0 atom stereocenters. The van der Waals surface area contributed by atoms with Crippen LogP contribution in [-0.2, 0) is 0 Å². The molecule has 0 aliphatic heterocycles. The van der Waals surface area contributed by atoms with E-state index in [0.717, 1.165) is 11.0 Å². The lowest BCUT2D eigenvalue weighted by atomic mass is 10.3. The maximum atomic E-state index is 5.30. The number of para-hydroxylation sites is 2. The van der Waals surface area contributed by atoms with Gasteiger partial charge in [-0.15, -0.1) is 0 Å². The molecule has 3 nitrogen and oxygen atoms in total. The van der Waals surface area contributed by atoms with Gasteiger partial charge in [0.2, 0.25) is 0 Å². The number of hydrogen-bond donors (Lipinski definition) is 2. The van der Waals surface area contributed by atoms with Crippen molar-refractivity contribution >= 4 is 23.7 Å². The summed E-state index contributed by atoms with van der Waals surface area (Å²) in [5.41, 5.74) is 1.92. The number of aromatic amines is 1. The number of benzene rings is 1. The largest absolute Gasteiger partial charge is 0.464 e. The number of hydrogen-bond acceptors (Lipinski definition) is 3. The second-order valence-electron chi connectivity index (χ2n) is 2.63. The lowest BCUT2D eigenvalue weighted by molar-refractivity contribution is 0.321. The Hall–Kier alpha value is -1.16. The van der Waals surface area contributed by atoms with Gasteiger partial charge < -0.3 is 9.72 Å². The molecule has 0 radical (unpaired) electrons. The third kappa shape index (κ3) is 1.78. The van der Waals surface area contributed by atoms with Crippen molar-refractivity contribution in [2.24, 2.45) is 0 Å². The molecule has 4 heteroatoms. The number of fused-ring (bicyclic) bond motifs is 1. The summed E-state index contributed by atoms with van der Waals surface area (Å²) in [7, 11) is 0. The van der Waals surface area contributed by atoms with Gasteiger partial charge in [0.15, 0.2) is 0 Å². The zero-order chi connectivity index (χ0) is 9.10. The fraction of sp³-hybridized carbons (Fsp3) is 0.222. The molecule has 0 fully saturated rings. The Morgan fingerprint density at radius 3 is 3.00 bits per heavy atom. The highest BCUT2D eigenvalue weighted by Crippen LogP contribution is 2.14. The SMILES string of the molecule is SCCOc1nc2ccccc2[nH]1. The number of ether oxygens (including phenoxy) is 1. The Kier molecular flexibility index (Phi) is 2.40. The van der Waals surface area contributed by atoms with Gasteiger partial charge in [0.05, 0.1) is 11.0 Å². The van der Waals surface area contributed by atoms with E-state index in [1.54, 1.807) is 0 Å². The molecule has 0 saturated carbocycles. The molecule has 0 amide bonds. The Morgan fingerprint density at radius 2 is 2.23 bits per heavy atom. The van der Waals surface area contributed by atoms with E-state index in [9.17, 15) is 0 Å². The van der Waals surface area contributed by atoms with Crippen molar-refractivity contribution in [2.45, 2.75) is 0 Å². The van der Waals surface area contributed by atoms with Crippen LogP contribution in [0.4, 0.5) is 0 Å². The summed E-state index contributed by atoms with van der Waals surface area (Å²) in [6.07, 6.45) is 0. The van der Waals surface area contributed by atoms with E-state index < -0.39 is 0 Å². The van der Waals surface area contributed by atoms with Crippen LogP contribution in [0.1, 0.15) is 0 Å². The summed E-state index contributed by atoms with van der Waals surface area (Å²) in [4.78, 5) is 7.30. The van der Waals surface area contributed by atoms with Gasteiger partial charge >= 0.3 is 0 Å². The Morgan fingerprint density at radius 1 is 1.38 bits per heavy atom. The fourth-order valence-electron chi connectivity index (χ4n) is 1.14. The monoisotopic (exact) mass is 194 g/mol. The molecular formula is C9H10N2OS. The molecule has 0 aliphatic rings. The van der Waals surface area contributed by atoms with E-state index in [0.29, 0.717) is 18.4 Å². The number of nitrogens with one attached hydrogen (secondary N) is 1. The van der Waals surface area contributed by atoms with Crippen molar-refractivity contribution in [3.8, 4) is 6.01 Å². The molecule has 0 spiro atoms. The highest BCUT2D eigenvalue weighted by Gasteiger charge is 2.00. The average Bonchev–Trinajstić information content (AvgIpc) is 2.57. The molecule has 1 aromatic carbocycles. The van der Waals surface area contributed by atoms with Gasteiger partial charge in [0.25, 0.3) is 6.01 Å². The maximum Gasteiger partial charge on any atom is 0.294 e. The Balaban J connectivity index is 2.28. The van der Waals surface area contributed by atoms with Crippen LogP contribution in [0.2, 0.25) is 0 Å². The lowest BCUT2D eigenvalue weighted by Crippen LogP contribution is -1.98. The van der Waals surface area contributed by atoms with Crippen LogP contribution in [0.25, 0.3) is 11.0 Å². The van der Waals surface area contributed by atoms with Crippen LogP contribution >= 0.6 is 12.6 Å². The van der Waals surface area contributed by atoms with Crippen LogP contribution < -0.4 is 4.74 Å². The van der Waals surface area contributed by atoms with E-state index in [-0.39, 0.29) is 0 Å². The lowest BCUT2D eigenvalue weighted by Gasteiger charge is -1.96.